The largest absolute Gasteiger partial charge is 0.369 e. The topological polar surface area (TPSA) is 37.8 Å². The molecule has 1 aromatic rings. The molecule has 0 amide bonds. The summed E-state index contributed by atoms with van der Waals surface area (Å²) in [6, 6.07) is 0. The third kappa shape index (κ3) is 2.86. The van der Waals surface area contributed by atoms with Gasteiger partial charge < -0.3 is 5.32 Å². The van der Waals surface area contributed by atoms with Gasteiger partial charge in [-0.15, -0.1) is 0 Å². The van der Waals surface area contributed by atoms with Crippen molar-refractivity contribution in [2.45, 2.75) is 26.7 Å². The second-order valence-corrected chi connectivity index (χ2v) is 2.83. The maximum Gasteiger partial charge on any atom is 0.144 e. The third-order valence-electron chi connectivity index (χ3n) is 1.59. The van der Waals surface area contributed by atoms with Crippen molar-refractivity contribution in [3.05, 3.63) is 18.1 Å². The average Bonchev–Trinajstić information content (AvgIpc) is 2.05. The van der Waals surface area contributed by atoms with Crippen molar-refractivity contribution in [1.29, 1.82) is 0 Å². The Morgan fingerprint density at radius 1 is 1.42 bits per heavy atom. The highest BCUT2D eigenvalue weighted by Gasteiger charge is 1.92. The number of rotatable bonds is 4. The molecule has 3 nitrogen and oxygen atoms in total. The molecule has 12 heavy (non-hydrogen) atoms. The van der Waals surface area contributed by atoms with Crippen LogP contribution in [0.15, 0.2) is 12.4 Å². The molecule has 0 aliphatic heterocycles. The lowest BCUT2D eigenvalue weighted by Gasteiger charge is -2.03. The summed E-state index contributed by atoms with van der Waals surface area (Å²) in [5.74, 6) is 0.878. The molecule has 0 saturated carbocycles. The van der Waals surface area contributed by atoms with E-state index in [4.69, 9.17) is 0 Å². The van der Waals surface area contributed by atoms with Crippen LogP contribution in [-0.4, -0.2) is 16.5 Å². The maximum atomic E-state index is 4.27. The zero-order valence-electron chi connectivity index (χ0n) is 7.67. The molecule has 3 heteroatoms. The van der Waals surface area contributed by atoms with Gasteiger partial charge in [0.2, 0.25) is 0 Å². The van der Waals surface area contributed by atoms with Gasteiger partial charge in [0.1, 0.15) is 5.82 Å². The Morgan fingerprint density at radius 3 is 2.92 bits per heavy atom. The quantitative estimate of drug-likeness (QED) is 0.693. The molecule has 1 aromatic heterocycles. The fraction of sp³-hybridized carbons (Fsp3) is 0.556. The van der Waals surface area contributed by atoms with Crippen LogP contribution in [0.5, 0.6) is 0 Å². The van der Waals surface area contributed by atoms with Crippen molar-refractivity contribution in [3.8, 4) is 0 Å². The molecule has 0 unspecified atom stereocenters. The monoisotopic (exact) mass is 165 g/mol. The number of aromatic nitrogens is 2. The predicted octanol–water partition coefficient (Wildman–Crippen LogP) is 2.00. The lowest BCUT2D eigenvalue weighted by atomic mass is 10.3. The minimum absolute atomic E-state index is 0.878. The first-order valence-corrected chi connectivity index (χ1v) is 4.35. The maximum absolute atomic E-state index is 4.27. The van der Waals surface area contributed by atoms with Gasteiger partial charge in [-0.3, -0.25) is 4.98 Å². The van der Waals surface area contributed by atoms with Crippen LogP contribution in [0.25, 0.3) is 0 Å². The minimum Gasteiger partial charge on any atom is -0.369 e. The van der Waals surface area contributed by atoms with Gasteiger partial charge in [-0.05, 0) is 13.3 Å². The lowest BCUT2D eigenvalue weighted by Crippen LogP contribution is -2.03. The van der Waals surface area contributed by atoms with Crippen molar-refractivity contribution in [1.82, 2.24) is 9.97 Å². The van der Waals surface area contributed by atoms with Crippen LogP contribution >= 0.6 is 0 Å². The molecule has 1 rings (SSSR count). The molecule has 0 spiro atoms. The van der Waals surface area contributed by atoms with E-state index in [1.54, 1.807) is 12.4 Å². The predicted molar refractivity (Wildman–Crippen MR) is 50.2 cm³/mol. The number of aryl methyl sites for hydroxylation is 1. The summed E-state index contributed by atoms with van der Waals surface area (Å²) in [6.45, 7) is 5.09. The summed E-state index contributed by atoms with van der Waals surface area (Å²) >= 11 is 0. The van der Waals surface area contributed by atoms with Gasteiger partial charge in [0, 0.05) is 12.7 Å². The summed E-state index contributed by atoms with van der Waals surface area (Å²) in [7, 11) is 0. The van der Waals surface area contributed by atoms with E-state index < -0.39 is 0 Å². The van der Waals surface area contributed by atoms with Crippen LogP contribution in [0.1, 0.15) is 25.5 Å². The Labute approximate surface area is 73.2 Å². The standard InChI is InChI=1S/C9H15N3/c1-3-4-5-11-9-7-10-6-8(2)12-9/h6-7H,3-5H2,1-2H3,(H,11,12). The average molecular weight is 165 g/mol. The first-order chi connectivity index (χ1) is 5.83. The Kier molecular flexibility index (Phi) is 3.51. The van der Waals surface area contributed by atoms with Crippen molar-refractivity contribution in [2.24, 2.45) is 0 Å². The molecule has 0 aliphatic carbocycles. The molecular formula is C9H15N3. The van der Waals surface area contributed by atoms with Crippen LogP contribution in [0.4, 0.5) is 5.82 Å². The number of hydrogen-bond donors (Lipinski definition) is 1. The summed E-state index contributed by atoms with van der Waals surface area (Å²) in [5.41, 5.74) is 0.955. The Hall–Kier alpha value is -1.12. The van der Waals surface area contributed by atoms with Gasteiger partial charge >= 0.3 is 0 Å². The van der Waals surface area contributed by atoms with E-state index in [1.807, 2.05) is 6.92 Å². The van der Waals surface area contributed by atoms with Crippen molar-refractivity contribution < 1.29 is 0 Å². The summed E-state index contributed by atoms with van der Waals surface area (Å²) in [6.07, 6.45) is 5.88. The first-order valence-electron chi connectivity index (χ1n) is 4.35. The zero-order chi connectivity index (χ0) is 8.81. The second kappa shape index (κ2) is 4.70. The number of anilines is 1. The summed E-state index contributed by atoms with van der Waals surface area (Å²) in [5, 5.41) is 3.21. The Bertz CT molecular complexity index is 235. The smallest absolute Gasteiger partial charge is 0.144 e. The van der Waals surface area contributed by atoms with Crippen molar-refractivity contribution in [3.63, 3.8) is 0 Å². The highest BCUT2D eigenvalue weighted by Crippen LogP contribution is 2.00. The second-order valence-electron chi connectivity index (χ2n) is 2.83. The molecule has 0 radical (unpaired) electrons. The van der Waals surface area contributed by atoms with E-state index in [0.717, 1.165) is 18.1 Å². The summed E-state index contributed by atoms with van der Waals surface area (Å²) < 4.78 is 0. The van der Waals surface area contributed by atoms with E-state index in [2.05, 4.69) is 22.2 Å². The number of unbranched alkanes of at least 4 members (excludes halogenated alkanes) is 1. The molecule has 0 saturated heterocycles. The van der Waals surface area contributed by atoms with Crippen molar-refractivity contribution >= 4 is 5.82 Å². The molecule has 0 aliphatic rings. The van der Waals surface area contributed by atoms with E-state index >= 15 is 0 Å². The lowest BCUT2D eigenvalue weighted by molar-refractivity contribution is 0.829. The molecule has 0 fully saturated rings. The van der Waals surface area contributed by atoms with E-state index in [0.29, 0.717) is 0 Å². The highest BCUT2D eigenvalue weighted by atomic mass is 15.0. The van der Waals surface area contributed by atoms with Gasteiger partial charge in [0.15, 0.2) is 0 Å². The molecule has 0 aromatic carbocycles. The number of nitrogens with one attached hydrogen (secondary N) is 1. The van der Waals surface area contributed by atoms with Crippen LogP contribution in [-0.2, 0) is 0 Å². The van der Waals surface area contributed by atoms with Crippen LogP contribution in [0.2, 0.25) is 0 Å². The third-order valence-corrected chi connectivity index (χ3v) is 1.59. The molecule has 66 valence electrons. The molecule has 0 bridgehead atoms. The molecule has 1 heterocycles. The van der Waals surface area contributed by atoms with Crippen LogP contribution in [0, 0.1) is 6.92 Å². The highest BCUT2D eigenvalue weighted by molar-refractivity contribution is 5.31. The Balaban J connectivity index is 2.41. The van der Waals surface area contributed by atoms with Gasteiger partial charge in [-0.1, -0.05) is 13.3 Å². The van der Waals surface area contributed by atoms with Gasteiger partial charge in [-0.25, -0.2) is 4.98 Å². The van der Waals surface area contributed by atoms with E-state index in [-0.39, 0.29) is 0 Å². The van der Waals surface area contributed by atoms with E-state index in [9.17, 15) is 0 Å². The minimum atomic E-state index is 0.878. The van der Waals surface area contributed by atoms with Gasteiger partial charge in [0.05, 0.1) is 11.9 Å². The first kappa shape index (κ1) is 8.97. The van der Waals surface area contributed by atoms with Gasteiger partial charge in [0.25, 0.3) is 0 Å². The Morgan fingerprint density at radius 2 is 2.25 bits per heavy atom. The molecular weight excluding hydrogens is 150 g/mol. The zero-order valence-corrected chi connectivity index (χ0v) is 7.67. The normalized spacial score (nSPS) is 9.83. The molecule has 1 N–H and O–H groups in total. The SMILES string of the molecule is CCCCNc1cncc(C)n1. The molecule has 0 atom stereocenters. The summed E-state index contributed by atoms with van der Waals surface area (Å²) in [4.78, 5) is 8.31. The van der Waals surface area contributed by atoms with Crippen LogP contribution < -0.4 is 5.32 Å². The fourth-order valence-electron chi connectivity index (χ4n) is 0.942. The fourth-order valence-corrected chi connectivity index (χ4v) is 0.942. The van der Waals surface area contributed by atoms with E-state index in [1.165, 1.54) is 12.8 Å². The number of nitrogens with zero attached hydrogens (tertiary/aromatic N) is 2. The van der Waals surface area contributed by atoms with Gasteiger partial charge in [-0.2, -0.15) is 0 Å². The van der Waals surface area contributed by atoms with Crippen LogP contribution in [0.3, 0.4) is 0 Å². The van der Waals surface area contributed by atoms with Crippen molar-refractivity contribution in [2.75, 3.05) is 11.9 Å². The number of hydrogen-bond acceptors (Lipinski definition) is 3.